The first kappa shape index (κ1) is 17.0. The monoisotopic (exact) mass is 347 g/mol. The lowest BCUT2D eigenvalue weighted by molar-refractivity contribution is -0.151. The Hall–Kier alpha value is -1.81. The third-order valence-corrected chi connectivity index (χ3v) is 5.27. The molecule has 24 heavy (non-hydrogen) atoms. The minimum absolute atomic E-state index is 0.0357. The van der Waals surface area contributed by atoms with Gasteiger partial charge in [-0.1, -0.05) is 42.3 Å². The molecule has 128 valence electrons. The van der Waals surface area contributed by atoms with Crippen LogP contribution in [0.4, 0.5) is 0 Å². The van der Waals surface area contributed by atoms with E-state index in [1.54, 1.807) is 6.92 Å². The van der Waals surface area contributed by atoms with Crippen molar-refractivity contribution in [2.24, 2.45) is 17.8 Å². The molecule has 1 aromatic carbocycles. The van der Waals surface area contributed by atoms with Crippen LogP contribution in [0.5, 0.6) is 0 Å². The van der Waals surface area contributed by atoms with E-state index in [2.05, 4.69) is 6.08 Å². The summed E-state index contributed by atoms with van der Waals surface area (Å²) in [7, 11) is 0. The molecule has 0 spiro atoms. The lowest BCUT2D eigenvalue weighted by atomic mass is 9.74. The van der Waals surface area contributed by atoms with Crippen LogP contribution in [0.25, 0.3) is 0 Å². The van der Waals surface area contributed by atoms with Crippen LogP contribution in [0, 0.1) is 17.8 Å². The predicted octanol–water partition coefficient (Wildman–Crippen LogP) is 3.44. The predicted molar refractivity (Wildman–Crippen MR) is 92.3 cm³/mol. The van der Waals surface area contributed by atoms with Gasteiger partial charge in [0.05, 0.1) is 24.5 Å². The van der Waals surface area contributed by atoms with Gasteiger partial charge in [0, 0.05) is 11.6 Å². The maximum Gasteiger partial charge on any atom is 0.312 e. The number of fused-ring (bicyclic) bond motifs is 2. The topological polar surface area (TPSA) is 46.6 Å². The van der Waals surface area contributed by atoms with Crippen LogP contribution in [-0.4, -0.2) is 29.4 Å². The quantitative estimate of drug-likeness (QED) is 0.619. The number of halogens is 1. The minimum atomic E-state index is -0.412. The highest BCUT2D eigenvalue weighted by molar-refractivity contribution is 6.30. The number of rotatable bonds is 4. The van der Waals surface area contributed by atoms with Crippen LogP contribution in [0.15, 0.2) is 35.9 Å². The molecule has 1 aliphatic heterocycles. The average Bonchev–Trinajstić information content (AvgIpc) is 2.78. The molecule has 2 aliphatic rings. The van der Waals surface area contributed by atoms with Gasteiger partial charge < -0.3 is 9.64 Å². The van der Waals surface area contributed by atoms with Crippen LogP contribution in [0.1, 0.15) is 26.3 Å². The van der Waals surface area contributed by atoms with Crippen LogP contribution >= 0.6 is 11.6 Å². The molecule has 0 saturated carbocycles. The molecular weight excluding hydrogens is 326 g/mol. The van der Waals surface area contributed by atoms with E-state index >= 15 is 0 Å². The Labute approximate surface area is 147 Å². The van der Waals surface area contributed by atoms with Crippen LogP contribution in [0.2, 0.25) is 5.02 Å². The van der Waals surface area contributed by atoms with Crippen LogP contribution in [0.3, 0.4) is 0 Å². The molecule has 1 heterocycles. The smallest absolute Gasteiger partial charge is 0.312 e. The molecule has 1 saturated heterocycles. The Morgan fingerprint density at radius 2 is 1.96 bits per heavy atom. The average molecular weight is 348 g/mol. The molecule has 1 aliphatic carbocycles. The van der Waals surface area contributed by atoms with E-state index in [9.17, 15) is 9.59 Å². The number of carbonyl (C=O) groups is 2. The first-order chi connectivity index (χ1) is 11.4. The second-order valence-corrected chi connectivity index (χ2v) is 7.05. The maximum atomic E-state index is 13.0. The first-order valence-corrected chi connectivity index (χ1v) is 8.71. The zero-order chi connectivity index (χ0) is 17.4. The summed E-state index contributed by atoms with van der Waals surface area (Å²) in [5.74, 6) is -0.930. The van der Waals surface area contributed by atoms with Crippen molar-refractivity contribution in [3.8, 4) is 0 Å². The molecular formula is C19H22ClNO3. The van der Waals surface area contributed by atoms with E-state index in [1.807, 2.05) is 43.0 Å². The van der Waals surface area contributed by atoms with E-state index in [1.165, 1.54) is 0 Å². The highest BCUT2D eigenvalue weighted by Crippen LogP contribution is 2.45. The van der Waals surface area contributed by atoms with Gasteiger partial charge in [0.25, 0.3) is 0 Å². The minimum Gasteiger partial charge on any atom is -0.466 e. The zero-order valence-electron chi connectivity index (χ0n) is 14.2. The zero-order valence-corrected chi connectivity index (χ0v) is 14.9. The van der Waals surface area contributed by atoms with Crippen LogP contribution < -0.4 is 0 Å². The van der Waals surface area contributed by atoms with Gasteiger partial charge in [0.15, 0.2) is 0 Å². The van der Waals surface area contributed by atoms with Crippen molar-refractivity contribution in [2.45, 2.75) is 33.4 Å². The Morgan fingerprint density at radius 1 is 1.29 bits per heavy atom. The van der Waals surface area contributed by atoms with E-state index in [-0.39, 0.29) is 29.8 Å². The second-order valence-electron chi connectivity index (χ2n) is 6.61. The fourth-order valence-electron chi connectivity index (χ4n) is 4.05. The summed E-state index contributed by atoms with van der Waals surface area (Å²) >= 11 is 5.94. The van der Waals surface area contributed by atoms with Gasteiger partial charge in [-0.2, -0.15) is 0 Å². The number of amides is 1. The van der Waals surface area contributed by atoms with Crippen molar-refractivity contribution in [3.63, 3.8) is 0 Å². The van der Waals surface area contributed by atoms with Crippen molar-refractivity contribution in [3.05, 3.63) is 46.5 Å². The number of hydrogen-bond donors (Lipinski definition) is 0. The first-order valence-electron chi connectivity index (χ1n) is 8.34. The Bertz CT molecular complexity index is 682. The highest BCUT2D eigenvalue weighted by atomic mass is 35.5. The number of allylic oxidation sites excluding steroid dienone is 1. The largest absolute Gasteiger partial charge is 0.466 e. The van der Waals surface area contributed by atoms with Gasteiger partial charge >= 0.3 is 5.97 Å². The second kappa shape index (κ2) is 6.60. The Morgan fingerprint density at radius 3 is 2.58 bits per heavy atom. The number of hydrogen-bond acceptors (Lipinski definition) is 3. The Balaban J connectivity index is 1.93. The summed E-state index contributed by atoms with van der Waals surface area (Å²) in [6.45, 7) is 6.60. The van der Waals surface area contributed by atoms with Crippen LogP contribution in [-0.2, 0) is 20.9 Å². The molecule has 0 N–H and O–H groups in total. The summed E-state index contributed by atoms with van der Waals surface area (Å²) < 4.78 is 5.26. The number of likely N-dealkylation sites (tertiary alicyclic amines) is 1. The van der Waals surface area contributed by atoms with E-state index < -0.39 is 5.92 Å². The molecule has 1 amide bonds. The maximum absolute atomic E-state index is 13.0. The molecule has 1 fully saturated rings. The van der Waals surface area contributed by atoms with E-state index in [4.69, 9.17) is 16.3 Å². The Kier molecular flexibility index (Phi) is 4.68. The lowest BCUT2D eigenvalue weighted by Gasteiger charge is -2.31. The molecule has 3 rings (SSSR count). The number of esters is 1. The molecule has 2 bridgehead atoms. The molecule has 0 radical (unpaired) electrons. The number of carbonyl (C=O) groups excluding carboxylic acids is 2. The van der Waals surface area contributed by atoms with E-state index in [0.717, 1.165) is 11.1 Å². The third kappa shape index (κ3) is 2.84. The summed E-state index contributed by atoms with van der Waals surface area (Å²) in [6.07, 6.45) is 2.12. The molecule has 1 aromatic rings. The van der Waals surface area contributed by atoms with Crippen molar-refractivity contribution >= 4 is 23.5 Å². The standard InChI is InChI=1S/C19H22ClNO3/c1-4-24-19(23)16-15-11(2)9-12(3)17(16)21(18(15)22)10-13-5-7-14(20)8-6-13/h5-9,11,15-17H,4,10H2,1-3H3. The molecule has 4 nitrogen and oxygen atoms in total. The number of nitrogens with zero attached hydrogens (tertiary/aromatic N) is 1. The molecule has 4 atom stereocenters. The van der Waals surface area contributed by atoms with Gasteiger partial charge in [-0.05, 0) is 37.5 Å². The van der Waals surface area contributed by atoms with Gasteiger partial charge in [-0.25, -0.2) is 0 Å². The summed E-state index contributed by atoms with van der Waals surface area (Å²) in [5, 5.41) is 0.666. The molecule has 5 heteroatoms. The number of ether oxygens (including phenoxy) is 1. The molecule has 4 unspecified atom stereocenters. The fraction of sp³-hybridized carbons (Fsp3) is 0.474. The van der Waals surface area contributed by atoms with Gasteiger partial charge in [0.2, 0.25) is 5.91 Å². The van der Waals surface area contributed by atoms with Gasteiger partial charge in [0.1, 0.15) is 0 Å². The van der Waals surface area contributed by atoms with E-state index in [0.29, 0.717) is 18.2 Å². The van der Waals surface area contributed by atoms with Crippen molar-refractivity contribution in [1.82, 2.24) is 4.90 Å². The third-order valence-electron chi connectivity index (χ3n) is 5.01. The SMILES string of the molecule is CCOC(=O)C1C2C(=O)N(Cc3ccc(Cl)cc3)C1C(C)=CC2C. The molecule has 0 aromatic heterocycles. The van der Waals surface area contributed by atoms with Crippen molar-refractivity contribution < 1.29 is 14.3 Å². The highest BCUT2D eigenvalue weighted by Gasteiger charge is 2.56. The summed E-state index contributed by atoms with van der Waals surface area (Å²) in [6, 6.07) is 7.25. The fourth-order valence-corrected chi connectivity index (χ4v) is 4.17. The van der Waals surface area contributed by atoms with Gasteiger partial charge in [-0.3, -0.25) is 9.59 Å². The van der Waals surface area contributed by atoms with Crippen molar-refractivity contribution in [1.29, 1.82) is 0 Å². The number of benzene rings is 1. The summed E-state index contributed by atoms with van der Waals surface area (Å²) in [5.41, 5.74) is 2.07. The summed E-state index contributed by atoms with van der Waals surface area (Å²) in [4.78, 5) is 27.3. The van der Waals surface area contributed by atoms with Crippen molar-refractivity contribution in [2.75, 3.05) is 6.61 Å². The van der Waals surface area contributed by atoms with Gasteiger partial charge in [-0.15, -0.1) is 0 Å². The normalized spacial score (nSPS) is 28.8. The lowest BCUT2D eigenvalue weighted by Crippen LogP contribution is -2.40.